The smallest absolute Gasteiger partial charge is 0.0838 e. The lowest BCUT2D eigenvalue weighted by molar-refractivity contribution is -0.117. The Morgan fingerprint density at radius 2 is 2.11 bits per heavy atom. The number of aliphatic hydroxyl groups excluding tert-OH is 1. The second-order valence-electron chi connectivity index (χ2n) is 2.87. The van der Waals surface area contributed by atoms with Crippen molar-refractivity contribution in [3.05, 3.63) is 0 Å². The van der Waals surface area contributed by atoms with Crippen LogP contribution in [-0.4, -0.2) is 23.4 Å². The van der Waals surface area contributed by atoms with Crippen LogP contribution >= 0.6 is 0 Å². The van der Waals surface area contributed by atoms with Crippen molar-refractivity contribution in [1.82, 2.24) is 0 Å². The lowest BCUT2D eigenvalue weighted by atomic mass is 9.92. The Morgan fingerprint density at radius 3 is 2.22 bits per heavy atom. The van der Waals surface area contributed by atoms with Crippen LogP contribution < -0.4 is 0 Å². The van der Waals surface area contributed by atoms with E-state index in [-0.39, 0.29) is 18.3 Å². The highest BCUT2D eigenvalue weighted by Crippen LogP contribution is 2.23. The average Bonchev–Trinajstić information content (AvgIpc) is 1.79. The number of ether oxygens (including phenoxy) is 1. The minimum Gasteiger partial charge on any atom is -0.390 e. The Morgan fingerprint density at radius 1 is 1.44 bits per heavy atom. The van der Waals surface area contributed by atoms with Gasteiger partial charge in [0.1, 0.15) is 0 Å². The highest BCUT2D eigenvalue weighted by atomic mass is 16.5. The van der Waals surface area contributed by atoms with Crippen molar-refractivity contribution in [2.24, 2.45) is 0 Å². The van der Waals surface area contributed by atoms with Crippen LogP contribution in [0.25, 0.3) is 0 Å². The molecule has 0 heterocycles. The minimum absolute atomic E-state index is 0.130. The molecule has 54 valence electrons. The molecule has 0 aliphatic heterocycles. The fourth-order valence-corrected chi connectivity index (χ4v) is 0.960. The molecule has 1 rings (SSSR count). The van der Waals surface area contributed by atoms with Crippen LogP contribution in [0.2, 0.25) is 0 Å². The van der Waals surface area contributed by atoms with Gasteiger partial charge < -0.3 is 9.84 Å². The maximum absolute atomic E-state index is 9.03. The van der Waals surface area contributed by atoms with E-state index in [0.717, 1.165) is 12.8 Å². The van der Waals surface area contributed by atoms with Gasteiger partial charge in [0.05, 0.1) is 18.3 Å². The second-order valence-corrected chi connectivity index (χ2v) is 2.87. The first-order valence-corrected chi connectivity index (χ1v) is 3.53. The molecule has 0 spiro atoms. The molecular weight excluding hydrogens is 116 g/mol. The summed E-state index contributed by atoms with van der Waals surface area (Å²) < 4.78 is 5.35. The van der Waals surface area contributed by atoms with Crippen LogP contribution in [0.4, 0.5) is 0 Å². The molecule has 0 unspecified atom stereocenters. The summed E-state index contributed by atoms with van der Waals surface area (Å²) in [5.74, 6) is 0. The third kappa shape index (κ3) is 1.66. The Bertz CT molecular complexity index is 90.9. The lowest BCUT2D eigenvalue weighted by Gasteiger charge is -2.33. The van der Waals surface area contributed by atoms with E-state index >= 15 is 0 Å². The zero-order chi connectivity index (χ0) is 6.85. The second kappa shape index (κ2) is 2.67. The number of hydrogen-bond acceptors (Lipinski definition) is 2. The third-order valence-corrected chi connectivity index (χ3v) is 1.62. The van der Waals surface area contributed by atoms with Crippen molar-refractivity contribution in [3.8, 4) is 0 Å². The summed E-state index contributed by atoms with van der Waals surface area (Å²) in [6, 6.07) is 0. The largest absolute Gasteiger partial charge is 0.390 e. The molecule has 1 saturated carbocycles. The van der Waals surface area contributed by atoms with E-state index in [9.17, 15) is 0 Å². The van der Waals surface area contributed by atoms with Crippen LogP contribution in [0.5, 0.6) is 0 Å². The Hall–Kier alpha value is -0.0800. The molecule has 0 aromatic heterocycles. The molecule has 0 bridgehead atoms. The molecule has 0 amide bonds. The molecular formula is C7H14O2. The van der Waals surface area contributed by atoms with Crippen LogP contribution in [0.3, 0.4) is 0 Å². The number of aliphatic hydroxyl groups is 1. The summed E-state index contributed by atoms with van der Waals surface area (Å²) in [5.41, 5.74) is 0. The van der Waals surface area contributed by atoms with Gasteiger partial charge in [0.2, 0.25) is 0 Å². The van der Waals surface area contributed by atoms with Crippen molar-refractivity contribution in [2.75, 3.05) is 0 Å². The number of rotatable bonds is 2. The predicted molar refractivity (Wildman–Crippen MR) is 35.2 cm³/mol. The molecule has 2 heteroatoms. The van der Waals surface area contributed by atoms with Crippen LogP contribution in [0, 0.1) is 0 Å². The lowest BCUT2D eigenvalue weighted by Crippen LogP contribution is -2.40. The zero-order valence-electron chi connectivity index (χ0n) is 6.00. The SMILES string of the molecule is CC(C)O[C@@H]1CC[C@H]1O. The molecule has 1 aliphatic rings. The fourth-order valence-electron chi connectivity index (χ4n) is 0.960. The first-order chi connectivity index (χ1) is 4.20. The van der Waals surface area contributed by atoms with Gasteiger partial charge in [-0.2, -0.15) is 0 Å². The molecule has 0 radical (unpaired) electrons. The van der Waals surface area contributed by atoms with E-state index in [0.29, 0.717) is 0 Å². The third-order valence-electron chi connectivity index (χ3n) is 1.62. The van der Waals surface area contributed by atoms with E-state index in [2.05, 4.69) is 0 Å². The van der Waals surface area contributed by atoms with E-state index in [1.54, 1.807) is 0 Å². The number of hydrogen-bond donors (Lipinski definition) is 1. The van der Waals surface area contributed by atoms with Gasteiger partial charge in [0.25, 0.3) is 0 Å². The highest BCUT2D eigenvalue weighted by molar-refractivity contribution is 4.80. The molecule has 1 N–H and O–H groups in total. The first kappa shape index (κ1) is 7.03. The van der Waals surface area contributed by atoms with Gasteiger partial charge in [-0.15, -0.1) is 0 Å². The Labute approximate surface area is 55.8 Å². The summed E-state index contributed by atoms with van der Waals surface area (Å²) in [6.07, 6.45) is 2.14. The van der Waals surface area contributed by atoms with Crippen molar-refractivity contribution < 1.29 is 9.84 Å². The Kier molecular flexibility index (Phi) is 2.09. The molecule has 1 fully saturated rings. The zero-order valence-corrected chi connectivity index (χ0v) is 6.00. The van der Waals surface area contributed by atoms with E-state index < -0.39 is 0 Å². The van der Waals surface area contributed by atoms with Crippen LogP contribution in [-0.2, 0) is 4.74 Å². The molecule has 0 aromatic rings. The van der Waals surface area contributed by atoms with Gasteiger partial charge >= 0.3 is 0 Å². The van der Waals surface area contributed by atoms with Crippen molar-refractivity contribution >= 4 is 0 Å². The van der Waals surface area contributed by atoms with Gasteiger partial charge in [-0.25, -0.2) is 0 Å². The summed E-state index contributed by atoms with van der Waals surface area (Å²) in [4.78, 5) is 0. The maximum Gasteiger partial charge on any atom is 0.0838 e. The Balaban J connectivity index is 2.13. The molecule has 2 atom stereocenters. The standard InChI is InChI=1S/C7H14O2/c1-5(2)9-7-4-3-6(7)8/h5-8H,3-4H2,1-2H3/t6-,7-/m1/s1. The van der Waals surface area contributed by atoms with Crippen molar-refractivity contribution in [2.45, 2.75) is 45.0 Å². The van der Waals surface area contributed by atoms with Crippen LogP contribution in [0.1, 0.15) is 26.7 Å². The minimum atomic E-state index is -0.188. The molecule has 0 saturated heterocycles. The summed E-state index contributed by atoms with van der Waals surface area (Å²) in [7, 11) is 0. The summed E-state index contributed by atoms with van der Waals surface area (Å²) in [5, 5.41) is 9.03. The fraction of sp³-hybridized carbons (Fsp3) is 1.00. The molecule has 1 aliphatic carbocycles. The predicted octanol–water partition coefficient (Wildman–Crippen LogP) is 0.935. The average molecular weight is 130 g/mol. The van der Waals surface area contributed by atoms with Gasteiger partial charge in [0.15, 0.2) is 0 Å². The monoisotopic (exact) mass is 130 g/mol. The molecule has 9 heavy (non-hydrogen) atoms. The van der Waals surface area contributed by atoms with Gasteiger partial charge in [-0.3, -0.25) is 0 Å². The van der Waals surface area contributed by atoms with E-state index in [1.807, 2.05) is 13.8 Å². The maximum atomic E-state index is 9.03. The topological polar surface area (TPSA) is 29.5 Å². The molecule has 2 nitrogen and oxygen atoms in total. The quantitative estimate of drug-likeness (QED) is 0.602. The van der Waals surface area contributed by atoms with Gasteiger partial charge in [-0.05, 0) is 26.7 Å². The van der Waals surface area contributed by atoms with Gasteiger partial charge in [-0.1, -0.05) is 0 Å². The van der Waals surface area contributed by atoms with Crippen molar-refractivity contribution in [1.29, 1.82) is 0 Å². The van der Waals surface area contributed by atoms with Gasteiger partial charge in [0, 0.05) is 0 Å². The normalized spacial score (nSPS) is 34.7. The van der Waals surface area contributed by atoms with Crippen LogP contribution in [0.15, 0.2) is 0 Å². The molecule has 0 aromatic carbocycles. The van der Waals surface area contributed by atoms with E-state index in [4.69, 9.17) is 9.84 Å². The van der Waals surface area contributed by atoms with Crippen molar-refractivity contribution in [3.63, 3.8) is 0 Å². The summed E-state index contributed by atoms with van der Waals surface area (Å²) >= 11 is 0. The highest BCUT2D eigenvalue weighted by Gasteiger charge is 2.29. The van der Waals surface area contributed by atoms with E-state index in [1.165, 1.54) is 0 Å². The first-order valence-electron chi connectivity index (χ1n) is 3.53. The summed E-state index contributed by atoms with van der Waals surface area (Å²) in [6.45, 7) is 3.98.